The van der Waals surface area contributed by atoms with Gasteiger partial charge in [0.05, 0.1) is 5.69 Å². The van der Waals surface area contributed by atoms with Crippen molar-refractivity contribution in [3.05, 3.63) is 39.5 Å². The molecule has 0 bridgehead atoms. The third kappa shape index (κ3) is 3.58. The number of benzene rings is 1. The molecule has 0 saturated heterocycles. The first kappa shape index (κ1) is 14.8. The van der Waals surface area contributed by atoms with Crippen LogP contribution in [0.1, 0.15) is 25.3 Å². The quantitative estimate of drug-likeness (QED) is 0.860. The summed E-state index contributed by atoms with van der Waals surface area (Å²) < 4.78 is 0.779. The van der Waals surface area contributed by atoms with E-state index in [0.717, 1.165) is 10.0 Å². The van der Waals surface area contributed by atoms with Gasteiger partial charge in [-0.25, -0.2) is 0 Å². The number of nitrogens with one attached hydrogen (secondary N) is 1. The minimum atomic E-state index is -0.234. The van der Waals surface area contributed by atoms with Gasteiger partial charge in [0.15, 0.2) is 5.57 Å². The molecule has 0 aliphatic rings. The summed E-state index contributed by atoms with van der Waals surface area (Å²) in [7, 11) is 0. The maximum atomic E-state index is 8.97. The van der Waals surface area contributed by atoms with Crippen LogP contribution in [0.3, 0.4) is 0 Å². The van der Waals surface area contributed by atoms with Crippen LogP contribution >= 0.6 is 15.9 Å². The van der Waals surface area contributed by atoms with E-state index in [-0.39, 0.29) is 11.3 Å². The fraction of sp³-hybridized carbons (Fsp3) is 0.214. The Labute approximate surface area is 120 Å². The lowest BCUT2D eigenvalue weighted by atomic mass is 10.0. The molecule has 0 heterocycles. The van der Waals surface area contributed by atoms with Crippen molar-refractivity contribution in [2.24, 2.45) is 0 Å². The number of anilines is 1. The number of hydrogen-bond donors (Lipinski definition) is 1. The van der Waals surface area contributed by atoms with Crippen molar-refractivity contribution in [1.82, 2.24) is 0 Å². The molecule has 0 spiro atoms. The number of nitriles is 3. The smallest absolute Gasteiger partial charge is 0.163 e. The highest BCUT2D eigenvalue weighted by Gasteiger charge is 2.09. The van der Waals surface area contributed by atoms with Gasteiger partial charge in [0.25, 0.3) is 0 Å². The molecule has 94 valence electrons. The van der Waals surface area contributed by atoms with Crippen LogP contribution in [0.25, 0.3) is 0 Å². The van der Waals surface area contributed by atoms with Gasteiger partial charge in [0, 0.05) is 4.47 Å². The number of hydrogen-bond acceptors (Lipinski definition) is 4. The predicted molar refractivity (Wildman–Crippen MR) is 75.7 cm³/mol. The molecule has 0 atom stereocenters. The van der Waals surface area contributed by atoms with Crippen LogP contribution in [0.2, 0.25) is 0 Å². The van der Waals surface area contributed by atoms with Crippen molar-refractivity contribution >= 4 is 21.6 Å². The van der Waals surface area contributed by atoms with Crippen molar-refractivity contribution in [2.45, 2.75) is 19.8 Å². The average molecular weight is 315 g/mol. The van der Waals surface area contributed by atoms with Crippen molar-refractivity contribution in [2.75, 3.05) is 5.32 Å². The summed E-state index contributed by atoms with van der Waals surface area (Å²) in [4.78, 5) is 0. The van der Waals surface area contributed by atoms with Gasteiger partial charge in [-0.15, -0.1) is 0 Å². The van der Waals surface area contributed by atoms with Gasteiger partial charge in [-0.05, 0) is 39.5 Å². The summed E-state index contributed by atoms with van der Waals surface area (Å²) in [6.07, 6.45) is 0. The molecule has 0 aliphatic heterocycles. The molecule has 0 amide bonds. The monoisotopic (exact) mass is 314 g/mol. The number of halogens is 1. The second kappa shape index (κ2) is 6.59. The van der Waals surface area contributed by atoms with Crippen molar-refractivity contribution < 1.29 is 0 Å². The van der Waals surface area contributed by atoms with E-state index in [4.69, 9.17) is 15.8 Å². The SMILES string of the molecule is CC(C)c1ccc(NC(C#N)=C(C#N)C#N)c(Br)c1. The molecular formula is C14H11BrN4. The zero-order valence-electron chi connectivity index (χ0n) is 10.5. The third-order valence-electron chi connectivity index (χ3n) is 2.50. The standard InChI is InChI=1S/C14H11BrN4/c1-9(2)10-3-4-13(12(15)5-10)19-14(8-18)11(6-16)7-17/h3-5,9,19H,1-2H3. The van der Waals surface area contributed by atoms with Crippen LogP contribution < -0.4 is 5.32 Å². The normalized spacial score (nSPS) is 9.11. The molecule has 0 radical (unpaired) electrons. The third-order valence-corrected chi connectivity index (χ3v) is 3.16. The largest absolute Gasteiger partial charge is 0.344 e. The topological polar surface area (TPSA) is 83.4 Å². The Morgan fingerprint density at radius 3 is 2.21 bits per heavy atom. The van der Waals surface area contributed by atoms with Crippen LogP contribution in [0.5, 0.6) is 0 Å². The van der Waals surface area contributed by atoms with E-state index >= 15 is 0 Å². The Balaban J connectivity index is 3.15. The van der Waals surface area contributed by atoms with Gasteiger partial charge >= 0.3 is 0 Å². The van der Waals surface area contributed by atoms with Crippen LogP contribution in [-0.4, -0.2) is 0 Å². The predicted octanol–water partition coefficient (Wildman–Crippen LogP) is 3.81. The summed E-state index contributed by atoms with van der Waals surface area (Å²) in [5, 5.41) is 29.3. The van der Waals surface area contributed by atoms with Crippen molar-refractivity contribution in [3.8, 4) is 18.2 Å². The molecule has 1 aromatic rings. The Morgan fingerprint density at radius 2 is 1.79 bits per heavy atom. The van der Waals surface area contributed by atoms with E-state index in [9.17, 15) is 0 Å². The molecule has 0 unspecified atom stereocenters. The highest BCUT2D eigenvalue weighted by Crippen LogP contribution is 2.28. The minimum absolute atomic E-state index is 0.0528. The zero-order valence-corrected chi connectivity index (χ0v) is 12.1. The lowest BCUT2D eigenvalue weighted by Gasteiger charge is -2.11. The van der Waals surface area contributed by atoms with Crippen LogP contribution in [0, 0.1) is 34.0 Å². The lowest BCUT2D eigenvalue weighted by Crippen LogP contribution is -2.01. The van der Waals surface area contributed by atoms with Crippen LogP contribution in [0.15, 0.2) is 33.9 Å². The van der Waals surface area contributed by atoms with Gasteiger partial charge in [-0.2, -0.15) is 15.8 Å². The number of nitrogens with zero attached hydrogens (tertiary/aromatic N) is 3. The van der Waals surface area contributed by atoms with E-state index < -0.39 is 0 Å². The van der Waals surface area contributed by atoms with E-state index in [1.165, 1.54) is 0 Å². The molecule has 0 saturated carbocycles. The van der Waals surface area contributed by atoms with Gasteiger partial charge in [-0.3, -0.25) is 0 Å². The Kier molecular flexibility index (Phi) is 5.12. The molecule has 1 N–H and O–H groups in total. The second-order valence-corrected chi connectivity index (χ2v) is 4.96. The molecular weight excluding hydrogens is 304 g/mol. The Bertz CT molecular complexity index is 623. The fourth-order valence-corrected chi connectivity index (χ4v) is 1.91. The maximum Gasteiger partial charge on any atom is 0.163 e. The Morgan fingerprint density at radius 1 is 1.16 bits per heavy atom. The summed E-state index contributed by atoms with van der Waals surface area (Å²) in [5.74, 6) is 0.394. The molecule has 4 nitrogen and oxygen atoms in total. The maximum absolute atomic E-state index is 8.97. The van der Waals surface area contributed by atoms with E-state index in [1.807, 2.05) is 24.3 Å². The lowest BCUT2D eigenvalue weighted by molar-refractivity contribution is 0.866. The summed E-state index contributed by atoms with van der Waals surface area (Å²) in [6, 6.07) is 10.9. The molecule has 1 rings (SSSR count). The van der Waals surface area contributed by atoms with Crippen LogP contribution in [0.4, 0.5) is 5.69 Å². The summed E-state index contributed by atoms with van der Waals surface area (Å²) in [6.45, 7) is 4.16. The van der Waals surface area contributed by atoms with Gasteiger partial charge in [0.2, 0.25) is 0 Å². The number of allylic oxidation sites excluding steroid dienone is 2. The first-order chi connectivity index (χ1) is 9.03. The summed E-state index contributed by atoms with van der Waals surface area (Å²) in [5.41, 5.74) is 1.51. The molecule has 0 fully saturated rings. The average Bonchev–Trinajstić information content (AvgIpc) is 2.40. The highest BCUT2D eigenvalue weighted by molar-refractivity contribution is 9.10. The Hall–Kier alpha value is -2.29. The first-order valence-corrected chi connectivity index (χ1v) is 6.33. The molecule has 5 heteroatoms. The van der Waals surface area contributed by atoms with Gasteiger partial charge < -0.3 is 5.32 Å². The molecule has 1 aromatic carbocycles. The molecule has 0 aliphatic carbocycles. The van der Waals surface area contributed by atoms with E-state index in [2.05, 4.69) is 35.1 Å². The second-order valence-electron chi connectivity index (χ2n) is 4.10. The van der Waals surface area contributed by atoms with E-state index in [1.54, 1.807) is 12.1 Å². The van der Waals surface area contributed by atoms with Crippen molar-refractivity contribution in [3.63, 3.8) is 0 Å². The number of rotatable bonds is 3. The van der Waals surface area contributed by atoms with Crippen LogP contribution in [-0.2, 0) is 0 Å². The molecule has 0 aromatic heterocycles. The van der Waals surface area contributed by atoms with Gasteiger partial charge in [-0.1, -0.05) is 19.9 Å². The zero-order chi connectivity index (χ0) is 14.4. The van der Waals surface area contributed by atoms with E-state index in [0.29, 0.717) is 11.6 Å². The fourth-order valence-electron chi connectivity index (χ4n) is 1.41. The minimum Gasteiger partial charge on any atom is -0.344 e. The summed E-state index contributed by atoms with van der Waals surface area (Å²) >= 11 is 3.41. The highest BCUT2D eigenvalue weighted by atomic mass is 79.9. The molecule has 19 heavy (non-hydrogen) atoms. The first-order valence-electron chi connectivity index (χ1n) is 5.54. The van der Waals surface area contributed by atoms with Gasteiger partial charge in [0.1, 0.15) is 23.9 Å². The van der Waals surface area contributed by atoms with Crippen molar-refractivity contribution in [1.29, 1.82) is 15.8 Å².